The molecule has 2 aromatic rings. The summed E-state index contributed by atoms with van der Waals surface area (Å²) in [6.45, 7) is 6.50. The predicted octanol–water partition coefficient (Wildman–Crippen LogP) is 3.98. The maximum absolute atomic E-state index is 13.5. The van der Waals surface area contributed by atoms with Crippen LogP contribution in [0.5, 0.6) is 5.75 Å². The van der Waals surface area contributed by atoms with Crippen LogP contribution in [0.25, 0.3) is 11.3 Å². The van der Waals surface area contributed by atoms with Crippen LogP contribution in [0.3, 0.4) is 0 Å². The molecule has 0 aliphatic rings. The number of amides is 4. The van der Waals surface area contributed by atoms with Crippen LogP contribution in [0.2, 0.25) is 0 Å². The lowest BCUT2D eigenvalue weighted by Gasteiger charge is -2.32. The third kappa shape index (κ3) is 14.4. The summed E-state index contributed by atoms with van der Waals surface area (Å²) < 4.78 is 10.9. The number of carbonyl (C=O) groups excluding carboxylic acids is 5. The van der Waals surface area contributed by atoms with Crippen molar-refractivity contribution in [1.82, 2.24) is 21.0 Å². The Kier molecular flexibility index (Phi) is 19.6. The summed E-state index contributed by atoms with van der Waals surface area (Å²) in [4.78, 5) is 104. The molecule has 1 aromatic carbocycles. The highest BCUT2D eigenvalue weighted by atomic mass is 16.7. The van der Waals surface area contributed by atoms with Crippen molar-refractivity contribution in [3.63, 3.8) is 0 Å². The van der Waals surface area contributed by atoms with Crippen LogP contribution >= 0.6 is 0 Å². The normalized spacial score (nSPS) is 12.4. The molecule has 0 bridgehead atoms. The minimum Gasteiger partial charge on any atom is -0.481 e. The Hall–Kier alpha value is -5.94. The smallest absolute Gasteiger partial charge is 0.341 e. The lowest BCUT2D eigenvalue weighted by atomic mass is 9.90. The van der Waals surface area contributed by atoms with Gasteiger partial charge in [0.2, 0.25) is 12.3 Å². The number of benzene rings is 1. The molecule has 18 nitrogen and oxygen atoms in total. The van der Waals surface area contributed by atoms with Crippen LogP contribution < -0.4 is 20.7 Å². The molecule has 4 amide bonds. The average molecular weight is 789 g/mol. The second-order valence-corrected chi connectivity index (χ2v) is 13.0. The highest BCUT2D eigenvalue weighted by Gasteiger charge is 2.34. The monoisotopic (exact) mass is 788 g/mol. The molecule has 1 heterocycles. The van der Waals surface area contributed by atoms with Gasteiger partial charge in [0.05, 0.1) is 36.5 Å². The van der Waals surface area contributed by atoms with Crippen molar-refractivity contribution in [2.75, 3.05) is 13.3 Å². The minimum atomic E-state index is -1.78. The minimum absolute atomic E-state index is 0.0889. The SMILES string of the molecule is CCCCCC(C(=O)NCNC(=O)c1ccc(-c2ccc(C(=O)NC(CC(=O)O)C(=O)O)c(OCC(=O)O)c2)o1)[C@@H](CC)N(C=O)OC(=O)C(CCC)CCC. The number of unbranched alkanes of at least 4 members (excludes halogenated alkanes) is 2. The Balaban J connectivity index is 2.21. The quantitative estimate of drug-likeness (QED) is 0.0324. The third-order valence-corrected chi connectivity index (χ3v) is 8.76. The second kappa shape index (κ2) is 23.8. The zero-order valence-corrected chi connectivity index (χ0v) is 32.0. The summed E-state index contributed by atoms with van der Waals surface area (Å²) in [5, 5.41) is 35.6. The standard InChI is InChI=1S/C38H52N4O14/c1-5-9-10-13-25(28(8-4)42(22-43)56-38(53)23(11-6-2)12-7-3)34(48)39-21-40-36(50)30-17-16-29(55-30)24-14-15-26(31(18-24)54-20-33(46)47)35(49)41-27(37(51)52)19-32(44)45/h14-18,22-23,25,27-28H,5-13,19-21H2,1-4H3,(H,39,48)(H,40,50)(H,41,49)(H,44,45)(H,46,47)(H,51,52)/t25?,27?,28-/m1/s1. The number of rotatable bonds is 27. The fourth-order valence-electron chi connectivity index (χ4n) is 5.95. The molecule has 1 aromatic heterocycles. The molecule has 0 aliphatic carbocycles. The number of carbonyl (C=O) groups is 8. The molecule has 0 aliphatic heterocycles. The van der Waals surface area contributed by atoms with Crippen molar-refractivity contribution < 1.29 is 67.7 Å². The van der Waals surface area contributed by atoms with E-state index >= 15 is 0 Å². The van der Waals surface area contributed by atoms with Gasteiger partial charge in [0.1, 0.15) is 17.6 Å². The highest BCUT2D eigenvalue weighted by molar-refractivity contribution is 6.00. The van der Waals surface area contributed by atoms with Crippen molar-refractivity contribution >= 4 is 48.0 Å². The molecule has 56 heavy (non-hydrogen) atoms. The largest absolute Gasteiger partial charge is 0.481 e. The third-order valence-electron chi connectivity index (χ3n) is 8.76. The maximum Gasteiger partial charge on any atom is 0.341 e. The van der Waals surface area contributed by atoms with Gasteiger partial charge < -0.3 is 45.3 Å². The number of ether oxygens (including phenoxy) is 1. The van der Waals surface area contributed by atoms with E-state index in [-0.39, 0.29) is 41.0 Å². The van der Waals surface area contributed by atoms with Crippen molar-refractivity contribution in [3.05, 3.63) is 41.7 Å². The number of nitrogens with zero attached hydrogens (tertiary/aromatic N) is 1. The second-order valence-electron chi connectivity index (χ2n) is 13.0. The van der Waals surface area contributed by atoms with E-state index in [1.807, 2.05) is 20.8 Å². The van der Waals surface area contributed by atoms with E-state index < -0.39 is 72.6 Å². The first kappa shape index (κ1) is 46.2. The fraction of sp³-hybridized carbons (Fsp3) is 0.526. The van der Waals surface area contributed by atoms with Crippen LogP contribution in [0.4, 0.5) is 0 Å². The van der Waals surface area contributed by atoms with Gasteiger partial charge in [0, 0.05) is 5.56 Å². The van der Waals surface area contributed by atoms with Gasteiger partial charge in [0.25, 0.3) is 11.8 Å². The van der Waals surface area contributed by atoms with Gasteiger partial charge in [-0.05, 0) is 49.9 Å². The Morgan fingerprint density at radius 1 is 0.839 bits per heavy atom. The molecular weight excluding hydrogens is 736 g/mol. The van der Waals surface area contributed by atoms with Crippen molar-refractivity contribution in [2.24, 2.45) is 11.8 Å². The lowest BCUT2D eigenvalue weighted by molar-refractivity contribution is -0.208. The molecule has 0 radical (unpaired) electrons. The predicted molar refractivity (Wildman–Crippen MR) is 198 cm³/mol. The van der Waals surface area contributed by atoms with Crippen molar-refractivity contribution in [1.29, 1.82) is 0 Å². The first-order valence-electron chi connectivity index (χ1n) is 18.6. The zero-order chi connectivity index (χ0) is 41.8. The number of aliphatic carboxylic acids is 3. The Bertz CT molecular complexity index is 1670. The highest BCUT2D eigenvalue weighted by Crippen LogP contribution is 2.30. The van der Waals surface area contributed by atoms with E-state index in [0.29, 0.717) is 38.5 Å². The molecule has 2 unspecified atom stereocenters. The molecule has 0 saturated carbocycles. The van der Waals surface area contributed by atoms with Crippen LogP contribution in [-0.4, -0.2) is 93.8 Å². The molecule has 18 heteroatoms. The van der Waals surface area contributed by atoms with Gasteiger partial charge in [-0.1, -0.05) is 65.9 Å². The zero-order valence-electron chi connectivity index (χ0n) is 32.0. The summed E-state index contributed by atoms with van der Waals surface area (Å²) in [6.07, 6.45) is 5.32. The van der Waals surface area contributed by atoms with Crippen LogP contribution in [0, 0.1) is 11.8 Å². The number of nitrogens with one attached hydrogen (secondary N) is 3. The Morgan fingerprint density at radius 3 is 2.11 bits per heavy atom. The molecule has 0 spiro atoms. The van der Waals surface area contributed by atoms with Gasteiger partial charge in [0.15, 0.2) is 12.4 Å². The van der Waals surface area contributed by atoms with E-state index in [2.05, 4.69) is 16.0 Å². The molecule has 3 atom stereocenters. The Morgan fingerprint density at radius 2 is 1.54 bits per heavy atom. The number of carboxylic acids is 3. The number of carboxylic acid groups (broad SMARTS) is 3. The van der Waals surface area contributed by atoms with Crippen molar-refractivity contribution in [3.8, 4) is 17.1 Å². The first-order chi connectivity index (χ1) is 26.7. The number of furan rings is 1. The molecular formula is C38H52N4O14. The van der Waals surface area contributed by atoms with Crippen LogP contribution in [0.15, 0.2) is 34.7 Å². The van der Waals surface area contributed by atoms with E-state index in [4.69, 9.17) is 24.2 Å². The summed E-state index contributed by atoms with van der Waals surface area (Å²) in [5.41, 5.74) is -0.0666. The topological polar surface area (TPSA) is 268 Å². The van der Waals surface area contributed by atoms with Crippen LogP contribution in [-0.2, 0) is 33.6 Å². The van der Waals surface area contributed by atoms with E-state index in [9.17, 15) is 43.5 Å². The molecule has 0 fully saturated rings. The molecule has 0 saturated heterocycles. The van der Waals surface area contributed by atoms with E-state index in [1.165, 1.54) is 30.3 Å². The average Bonchev–Trinajstić information content (AvgIpc) is 3.66. The summed E-state index contributed by atoms with van der Waals surface area (Å²) in [6, 6.07) is 3.96. The molecule has 2 rings (SSSR count). The molecule has 6 N–H and O–H groups in total. The van der Waals surface area contributed by atoms with E-state index in [0.717, 1.165) is 30.7 Å². The number of hydrogen-bond acceptors (Lipinski definition) is 11. The Labute approximate surface area is 324 Å². The van der Waals surface area contributed by atoms with Gasteiger partial charge >= 0.3 is 23.9 Å². The summed E-state index contributed by atoms with van der Waals surface area (Å²) in [5.74, 6) is -8.74. The van der Waals surface area contributed by atoms with Gasteiger partial charge in [-0.15, -0.1) is 0 Å². The number of hydrogen-bond donors (Lipinski definition) is 6. The van der Waals surface area contributed by atoms with Gasteiger partial charge in [-0.3, -0.25) is 24.0 Å². The fourth-order valence-corrected chi connectivity index (χ4v) is 5.95. The molecule has 308 valence electrons. The maximum atomic E-state index is 13.5. The lowest BCUT2D eigenvalue weighted by Crippen LogP contribution is -2.49. The summed E-state index contributed by atoms with van der Waals surface area (Å²) in [7, 11) is 0. The van der Waals surface area contributed by atoms with Crippen molar-refractivity contribution in [2.45, 2.75) is 104 Å². The van der Waals surface area contributed by atoms with E-state index in [1.54, 1.807) is 6.92 Å². The van der Waals surface area contributed by atoms with Gasteiger partial charge in [-0.2, -0.15) is 5.06 Å². The first-order valence-corrected chi connectivity index (χ1v) is 18.6. The summed E-state index contributed by atoms with van der Waals surface area (Å²) >= 11 is 0. The van der Waals surface area contributed by atoms with Gasteiger partial charge in [-0.25, -0.2) is 14.4 Å². The number of hydroxylamine groups is 2. The van der Waals surface area contributed by atoms with Crippen LogP contribution in [0.1, 0.15) is 113 Å².